The SMILES string of the molecule is COc1cccc(C=NNC(=O)c2ccc([N+](=O)[O-])cn2)c1.Cc1cc(Br)cc(C=NNC(=O)c2ccc([N+](=O)[O-])cn2)c1O.Cc1cccc(O)c1C=NNC(=O)c1ccc([N+](=O)[O-])cn1.O=C(NN=Cc1cc(Cl)ccc1O)c1ccc([N+](=O)[O-])cn1.O=C(NN=Cc1ccccc1O)c1ccc([N+](=O)[O-])cn1. The van der Waals surface area contributed by atoms with Gasteiger partial charge < -0.3 is 25.2 Å². The van der Waals surface area contributed by atoms with Crippen molar-refractivity contribution in [2.24, 2.45) is 25.5 Å². The molecular weight excluding hydrogens is 1530 g/mol. The van der Waals surface area contributed by atoms with Gasteiger partial charge >= 0.3 is 0 Å². The lowest BCUT2D eigenvalue weighted by Gasteiger charge is -2.04. The largest absolute Gasteiger partial charge is 0.507 e. The summed E-state index contributed by atoms with van der Waals surface area (Å²) in [6.45, 7) is 3.53. The van der Waals surface area contributed by atoms with Gasteiger partial charge in [0.1, 0.15) is 88.2 Å². The van der Waals surface area contributed by atoms with Crippen LogP contribution in [0.15, 0.2) is 219 Å². The molecule has 0 bridgehead atoms. The van der Waals surface area contributed by atoms with Crippen molar-refractivity contribution in [3.63, 3.8) is 0 Å². The van der Waals surface area contributed by atoms with Gasteiger partial charge in [-0.1, -0.05) is 63.9 Å². The van der Waals surface area contributed by atoms with Gasteiger partial charge in [0.15, 0.2) is 0 Å². The van der Waals surface area contributed by atoms with Crippen molar-refractivity contribution in [2.75, 3.05) is 7.11 Å². The number of aromatic nitrogens is 5. The van der Waals surface area contributed by atoms with Crippen molar-refractivity contribution in [3.05, 3.63) is 316 Å². The first-order chi connectivity index (χ1) is 52.5. The second-order valence-electron chi connectivity index (χ2n) is 21.0. The number of nitrogens with one attached hydrogen (secondary N) is 5. The summed E-state index contributed by atoms with van der Waals surface area (Å²) in [7, 11) is 1.55. The van der Waals surface area contributed by atoms with Gasteiger partial charge in [0.25, 0.3) is 58.0 Å². The first kappa shape index (κ1) is 83.3. The summed E-state index contributed by atoms with van der Waals surface area (Å²) in [5.74, 6) is -2.29. The number of phenols is 4. The van der Waals surface area contributed by atoms with E-state index in [1.807, 2.05) is 0 Å². The van der Waals surface area contributed by atoms with Crippen molar-refractivity contribution in [2.45, 2.75) is 13.8 Å². The Labute approximate surface area is 630 Å². The van der Waals surface area contributed by atoms with Gasteiger partial charge in [-0.15, -0.1) is 0 Å². The van der Waals surface area contributed by atoms with Crippen molar-refractivity contribution in [1.29, 1.82) is 0 Å². The maximum absolute atomic E-state index is 11.8. The molecule has 0 atom stereocenters. The van der Waals surface area contributed by atoms with Crippen LogP contribution in [0.25, 0.3) is 0 Å². The minimum atomic E-state index is -0.646. The molecule has 10 rings (SSSR count). The maximum Gasteiger partial charge on any atom is 0.289 e. The van der Waals surface area contributed by atoms with Crippen LogP contribution in [0.4, 0.5) is 28.4 Å². The van der Waals surface area contributed by atoms with Gasteiger partial charge in [-0.25, -0.2) is 52.0 Å². The van der Waals surface area contributed by atoms with Crippen LogP contribution in [0, 0.1) is 64.4 Å². The highest BCUT2D eigenvalue weighted by Gasteiger charge is 2.16. The number of aryl methyl sites for hydroxylation is 2. The quantitative estimate of drug-likeness (QED) is 0.0183. The number of nitrogens with zero attached hydrogens (tertiary/aromatic N) is 15. The molecule has 0 spiro atoms. The standard InChI is InChI=1S/C14H11BrN4O4.2C14H12N4O4.C13H9ClN4O4.C13H10N4O4/c1-8-4-10(15)5-9(13(8)20)6-17-18-14(21)12-3-2-11(7-16-12)19(22)23;1-22-12-4-2-3-10(7-12)8-16-17-14(19)13-6-5-11(9-15-13)18(20)21;1-9-3-2-4-13(19)11(9)8-16-17-14(20)12-6-5-10(7-15-12)18(21)22;14-9-1-4-12(19)8(5-9)6-16-17-13(20)11-3-2-10(7-15-11)18(21)22;18-12-4-2-1-3-9(12)7-15-16-13(19)11-6-5-10(8-14-11)17(20)21/h2-7,20H,1H3,(H,18,21);2-9H,1H3,(H,17,19);2-8,19H,1H3,(H,17,20);1-7,19H,(H,17,20);1-8,18H,(H,16,19). The molecule has 0 saturated carbocycles. The molecule has 5 heterocycles. The molecule has 10 aromatic rings. The molecule has 0 aliphatic rings. The number of halogens is 2. The number of hydrazone groups is 5. The van der Waals surface area contributed by atoms with E-state index in [9.17, 15) is 95.0 Å². The Morgan fingerprint density at radius 3 is 1.15 bits per heavy atom. The predicted octanol–water partition coefficient (Wildman–Crippen LogP) is 9.63. The van der Waals surface area contributed by atoms with E-state index < -0.39 is 54.2 Å². The molecule has 5 aromatic carbocycles. The van der Waals surface area contributed by atoms with Crippen LogP contribution in [-0.4, -0.2) is 138 Å². The molecular formula is C68H54BrClN20O20. The number of carbonyl (C=O) groups is 5. The van der Waals surface area contributed by atoms with Crippen molar-refractivity contribution < 1.29 is 73.8 Å². The minimum Gasteiger partial charge on any atom is -0.507 e. The molecule has 5 amide bonds. The number of carbonyl (C=O) groups excluding carboxylic acids is 5. The van der Waals surface area contributed by atoms with Crippen LogP contribution in [0.2, 0.25) is 5.02 Å². The van der Waals surface area contributed by atoms with Crippen LogP contribution >= 0.6 is 27.5 Å². The highest BCUT2D eigenvalue weighted by molar-refractivity contribution is 9.10. The second-order valence-corrected chi connectivity index (χ2v) is 22.3. The van der Waals surface area contributed by atoms with Crippen LogP contribution in [0.3, 0.4) is 0 Å². The lowest BCUT2D eigenvalue weighted by Crippen LogP contribution is -2.19. The Hall–Kier alpha value is -15.7. The van der Waals surface area contributed by atoms with Crippen molar-refractivity contribution >= 4 is 117 Å². The van der Waals surface area contributed by atoms with Gasteiger partial charge in [0.05, 0.1) is 62.8 Å². The number of methoxy groups -OCH3 is 1. The molecule has 9 N–H and O–H groups in total. The van der Waals surface area contributed by atoms with Gasteiger partial charge in [-0.3, -0.25) is 74.5 Å². The van der Waals surface area contributed by atoms with E-state index in [-0.39, 0.29) is 79.9 Å². The normalized spacial score (nSPS) is 10.6. The summed E-state index contributed by atoms with van der Waals surface area (Å²) in [6.07, 6.45) is 11.5. The topological polar surface area (TPSA) is 578 Å². The molecule has 0 radical (unpaired) electrons. The Morgan fingerprint density at radius 2 is 0.773 bits per heavy atom. The zero-order valence-electron chi connectivity index (χ0n) is 56.6. The lowest BCUT2D eigenvalue weighted by molar-refractivity contribution is -0.385. The summed E-state index contributed by atoms with van der Waals surface area (Å²) >= 11 is 9.07. The van der Waals surface area contributed by atoms with Crippen LogP contribution < -0.4 is 31.9 Å². The van der Waals surface area contributed by atoms with Crippen LogP contribution in [0.5, 0.6) is 28.7 Å². The molecule has 40 nitrogen and oxygen atoms in total. The number of hydrogen-bond donors (Lipinski definition) is 9. The molecule has 42 heteroatoms. The molecule has 0 aliphatic heterocycles. The zero-order valence-corrected chi connectivity index (χ0v) is 58.9. The maximum atomic E-state index is 11.8. The zero-order chi connectivity index (χ0) is 80.4. The van der Waals surface area contributed by atoms with E-state index in [4.69, 9.17) is 16.3 Å². The number of amides is 5. The average Bonchev–Trinajstić information content (AvgIpc) is 0.911. The number of aromatic hydroxyl groups is 4. The number of hydrogen-bond acceptors (Lipinski definition) is 30. The fraction of sp³-hybridized carbons (Fsp3) is 0.0441. The Kier molecular flexibility index (Phi) is 31.5. The summed E-state index contributed by atoms with van der Waals surface area (Å²) in [5.41, 5.74) is 14.0. The molecule has 0 unspecified atom stereocenters. The summed E-state index contributed by atoms with van der Waals surface area (Å²) in [4.78, 5) is 127. The smallest absolute Gasteiger partial charge is 0.289 e. The highest BCUT2D eigenvalue weighted by Crippen LogP contribution is 2.26. The van der Waals surface area contributed by atoms with Gasteiger partial charge in [-0.2, -0.15) is 25.5 Å². The number of pyridine rings is 5. The van der Waals surface area contributed by atoms with E-state index in [0.717, 1.165) is 52.7 Å². The van der Waals surface area contributed by atoms with E-state index in [0.29, 0.717) is 38.6 Å². The molecule has 5 aromatic heterocycles. The Bertz CT molecular complexity index is 5160. The first-order valence-corrected chi connectivity index (χ1v) is 31.6. The number of nitro groups is 5. The van der Waals surface area contributed by atoms with Gasteiger partial charge in [0, 0.05) is 62.1 Å². The summed E-state index contributed by atoms with van der Waals surface area (Å²) < 4.78 is 5.83. The van der Waals surface area contributed by atoms with Crippen molar-refractivity contribution in [1.82, 2.24) is 52.0 Å². The Balaban J connectivity index is 0.000000215. The molecule has 110 heavy (non-hydrogen) atoms. The second kappa shape index (κ2) is 41.6. The predicted molar refractivity (Wildman–Crippen MR) is 397 cm³/mol. The fourth-order valence-corrected chi connectivity index (χ4v) is 8.64. The van der Waals surface area contributed by atoms with E-state index >= 15 is 0 Å². The van der Waals surface area contributed by atoms with E-state index in [1.54, 1.807) is 87.7 Å². The molecule has 0 aliphatic carbocycles. The van der Waals surface area contributed by atoms with E-state index in [1.165, 1.54) is 116 Å². The molecule has 0 saturated heterocycles. The summed E-state index contributed by atoms with van der Waals surface area (Å²) in [6, 6.07) is 38.4. The molecule has 0 fully saturated rings. The lowest BCUT2D eigenvalue weighted by atomic mass is 10.1. The third-order valence-corrected chi connectivity index (χ3v) is 14.1. The monoisotopic (exact) mass is 1580 g/mol. The average molecular weight is 1590 g/mol. The number of benzene rings is 5. The first-order valence-electron chi connectivity index (χ1n) is 30.4. The highest BCUT2D eigenvalue weighted by atomic mass is 79.9. The fourth-order valence-electron chi connectivity index (χ4n) is 7.87. The number of para-hydroxylation sites is 1. The third-order valence-electron chi connectivity index (χ3n) is 13.4. The van der Waals surface area contributed by atoms with Crippen LogP contribution in [0.1, 0.15) is 91.4 Å². The van der Waals surface area contributed by atoms with Crippen molar-refractivity contribution in [3.8, 4) is 28.7 Å². The minimum absolute atomic E-state index is 0.00300. The number of phenolic OH excluding ortho intramolecular Hbond substituents is 4. The third kappa shape index (κ3) is 26.5. The summed E-state index contributed by atoms with van der Waals surface area (Å²) in [5, 5.41) is 110. The van der Waals surface area contributed by atoms with Gasteiger partial charge in [-0.05, 0) is 122 Å². The van der Waals surface area contributed by atoms with Gasteiger partial charge in [0.2, 0.25) is 0 Å². The number of rotatable bonds is 21. The Morgan fingerprint density at radius 1 is 0.409 bits per heavy atom. The van der Waals surface area contributed by atoms with Crippen LogP contribution in [-0.2, 0) is 0 Å². The number of ether oxygens (including phenoxy) is 1. The molecule has 560 valence electrons. The van der Waals surface area contributed by atoms with E-state index in [2.05, 4.69) is 93.5 Å².